The summed E-state index contributed by atoms with van der Waals surface area (Å²) < 4.78 is 21.7. The van der Waals surface area contributed by atoms with Crippen molar-refractivity contribution in [3.05, 3.63) is 46.0 Å². The number of amides is 1. The molecule has 4 bridgehead atoms. The number of benzene rings is 1. The molecule has 2 heterocycles. The number of anilines is 2. The van der Waals surface area contributed by atoms with Gasteiger partial charge in [0.15, 0.2) is 11.5 Å². The van der Waals surface area contributed by atoms with Gasteiger partial charge in [-0.1, -0.05) is 13.0 Å². The maximum atomic E-state index is 12.9. The molecule has 0 aliphatic carbocycles. The Labute approximate surface area is 183 Å². The quantitative estimate of drug-likeness (QED) is 0.422. The van der Waals surface area contributed by atoms with E-state index in [9.17, 15) is 14.9 Å². The molecule has 12 nitrogen and oxygen atoms in total. The van der Waals surface area contributed by atoms with Crippen LogP contribution in [0.5, 0.6) is 17.5 Å². The van der Waals surface area contributed by atoms with Crippen LogP contribution < -0.4 is 24.8 Å². The third-order valence-electron chi connectivity index (χ3n) is 4.34. The van der Waals surface area contributed by atoms with Gasteiger partial charge in [0, 0.05) is 0 Å². The van der Waals surface area contributed by atoms with Gasteiger partial charge in [0.1, 0.15) is 13.2 Å². The van der Waals surface area contributed by atoms with Crippen LogP contribution >= 0.6 is 0 Å². The zero-order valence-electron chi connectivity index (χ0n) is 17.6. The van der Waals surface area contributed by atoms with Crippen molar-refractivity contribution in [2.24, 2.45) is 0 Å². The molecule has 0 atom stereocenters. The SMILES string of the molecule is CCCOC(=O)N1Cc2ccc(OC)c(c2)OC/C=C\COc2nc(N)c([N+](=O)[O-])c1n2. The summed E-state index contributed by atoms with van der Waals surface area (Å²) in [4.78, 5) is 32.8. The highest BCUT2D eigenvalue weighted by molar-refractivity contribution is 5.90. The molecule has 1 aliphatic rings. The van der Waals surface area contributed by atoms with Crippen LogP contribution in [0.15, 0.2) is 30.4 Å². The van der Waals surface area contributed by atoms with Gasteiger partial charge in [-0.3, -0.25) is 15.0 Å². The molecule has 170 valence electrons. The van der Waals surface area contributed by atoms with Crippen LogP contribution in [0.1, 0.15) is 18.9 Å². The largest absolute Gasteiger partial charge is 0.493 e. The van der Waals surface area contributed by atoms with Crippen molar-refractivity contribution in [2.75, 3.05) is 37.6 Å². The van der Waals surface area contributed by atoms with Crippen LogP contribution in [0, 0.1) is 10.1 Å². The maximum absolute atomic E-state index is 12.9. The summed E-state index contributed by atoms with van der Waals surface area (Å²) in [6.45, 7) is 2.12. The van der Waals surface area contributed by atoms with Gasteiger partial charge in [0.25, 0.3) is 0 Å². The molecule has 2 aromatic rings. The van der Waals surface area contributed by atoms with Gasteiger partial charge >= 0.3 is 17.8 Å². The molecule has 0 saturated heterocycles. The molecule has 32 heavy (non-hydrogen) atoms. The van der Waals surface area contributed by atoms with Crippen molar-refractivity contribution >= 4 is 23.4 Å². The molecule has 0 saturated carbocycles. The van der Waals surface area contributed by atoms with Gasteiger partial charge in [-0.25, -0.2) is 4.79 Å². The Balaban J connectivity index is 2.16. The molecule has 0 fully saturated rings. The van der Waals surface area contributed by atoms with Crippen molar-refractivity contribution in [3.63, 3.8) is 0 Å². The van der Waals surface area contributed by atoms with E-state index >= 15 is 0 Å². The number of nitrogen functional groups attached to an aromatic ring is 1. The summed E-state index contributed by atoms with van der Waals surface area (Å²) in [6.07, 6.45) is 3.12. The lowest BCUT2D eigenvalue weighted by Crippen LogP contribution is -2.33. The number of hydrogen-bond donors (Lipinski definition) is 1. The maximum Gasteiger partial charge on any atom is 0.415 e. The van der Waals surface area contributed by atoms with E-state index in [1.165, 1.54) is 7.11 Å². The standard InChI is InChI=1S/C20H23N5O7/c1-3-8-32-20(26)24-12-13-6-7-14(29-2)15(11-13)30-9-4-5-10-31-19-22-17(21)16(25(27)28)18(24)23-19/h4-7,11H,3,8-10,12H2,1-2H3,(H2,21,22,23)/b5-4-. The van der Waals surface area contributed by atoms with E-state index in [0.717, 1.165) is 4.90 Å². The minimum Gasteiger partial charge on any atom is -0.493 e. The van der Waals surface area contributed by atoms with Crippen molar-refractivity contribution in [1.82, 2.24) is 9.97 Å². The van der Waals surface area contributed by atoms with Crippen LogP contribution in [0.4, 0.5) is 22.1 Å². The first kappa shape index (κ1) is 22.6. The monoisotopic (exact) mass is 445 g/mol. The molecule has 0 radical (unpaired) electrons. The van der Waals surface area contributed by atoms with E-state index in [2.05, 4.69) is 9.97 Å². The molecular formula is C20H23N5O7. The summed E-state index contributed by atoms with van der Waals surface area (Å²) >= 11 is 0. The van der Waals surface area contributed by atoms with Crippen molar-refractivity contribution in [2.45, 2.75) is 19.9 Å². The number of ether oxygens (including phenoxy) is 4. The third-order valence-corrected chi connectivity index (χ3v) is 4.34. The number of fused-ring (bicyclic) bond motifs is 4. The van der Waals surface area contributed by atoms with E-state index in [4.69, 9.17) is 24.7 Å². The number of aromatic nitrogens is 2. The second kappa shape index (κ2) is 10.3. The minimum absolute atomic E-state index is 0.0531. The number of carbonyl (C=O) groups is 1. The fourth-order valence-corrected chi connectivity index (χ4v) is 2.87. The van der Waals surface area contributed by atoms with Gasteiger partial charge in [0.2, 0.25) is 11.6 Å². The minimum atomic E-state index is -0.829. The summed E-state index contributed by atoms with van der Waals surface area (Å²) in [6, 6.07) is 4.83. The Bertz CT molecular complexity index is 1030. The fourth-order valence-electron chi connectivity index (χ4n) is 2.87. The first-order chi connectivity index (χ1) is 15.4. The van der Waals surface area contributed by atoms with Crippen LogP contribution in [-0.2, 0) is 11.3 Å². The van der Waals surface area contributed by atoms with E-state index in [-0.39, 0.29) is 38.2 Å². The normalized spacial score (nSPS) is 14.4. The molecule has 1 aromatic carbocycles. The first-order valence-corrected chi connectivity index (χ1v) is 9.78. The zero-order valence-corrected chi connectivity index (χ0v) is 17.6. The second-order valence-corrected chi connectivity index (χ2v) is 6.60. The molecule has 3 rings (SSSR count). The van der Waals surface area contributed by atoms with Gasteiger partial charge < -0.3 is 24.7 Å². The summed E-state index contributed by atoms with van der Waals surface area (Å²) in [7, 11) is 1.51. The van der Waals surface area contributed by atoms with Crippen molar-refractivity contribution < 1.29 is 28.7 Å². The zero-order chi connectivity index (χ0) is 23.1. The number of carbonyl (C=O) groups excluding carboxylic acids is 1. The highest BCUT2D eigenvalue weighted by atomic mass is 16.6. The number of methoxy groups -OCH3 is 1. The summed E-state index contributed by atoms with van der Waals surface area (Å²) in [5.74, 6) is 0.160. The van der Waals surface area contributed by atoms with Crippen LogP contribution in [0.3, 0.4) is 0 Å². The number of rotatable bonds is 4. The molecule has 0 unspecified atom stereocenters. The lowest BCUT2D eigenvalue weighted by molar-refractivity contribution is -0.383. The van der Waals surface area contributed by atoms with Gasteiger partial charge in [-0.2, -0.15) is 9.97 Å². The Kier molecular flexibility index (Phi) is 7.26. The van der Waals surface area contributed by atoms with Gasteiger partial charge in [0.05, 0.1) is 25.2 Å². The highest BCUT2D eigenvalue weighted by Gasteiger charge is 2.32. The van der Waals surface area contributed by atoms with Crippen LogP contribution in [0.25, 0.3) is 0 Å². The molecule has 2 N–H and O–H groups in total. The Morgan fingerprint density at radius 3 is 2.72 bits per heavy atom. The summed E-state index contributed by atoms with van der Waals surface area (Å²) in [5, 5.41) is 11.7. The predicted molar refractivity (Wildman–Crippen MR) is 114 cm³/mol. The summed E-state index contributed by atoms with van der Waals surface area (Å²) in [5.41, 5.74) is 5.79. The number of hydrogen-bond acceptors (Lipinski definition) is 10. The average molecular weight is 445 g/mol. The van der Waals surface area contributed by atoms with Gasteiger partial charge in [-0.15, -0.1) is 0 Å². The Morgan fingerprint density at radius 2 is 2.03 bits per heavy atom. The molecular weight excluding hydrogens is 422 g/mol. The lowest BCUT2D eigenvalue weighted by atomic mass is 10.2. The number of nitrogens with two attached hydrogens (primary N) is 1. The first-order valence-electron chi connectivity index (χ1n) is 9.78. The van der Waals surface area contributed by atoms with E-state index in [1.807, 2.05) is 6.92 Å². The van der Waals surface area contributed by atoms with E-state index in [0.29, 0.717) is 23.5 Å². The average Bonchev–Trinajstić information content (AvgIpc) is 2.77. The highest BCUT2D eigenvalue weighted by Crippen LogP contribution is 2.35. The second-order valence-electron chi connectivity index (χ2n) is 6.60. The topological polar surface area (TPSA) is 152 Å². The lowest BCUT2D eigenvalue weighted by Gasteiger charge is -2.22. The van der Waals surface area contributed by atoms with Gasteiger partial charge in [-0.05, 0) is 36.3 Å². The Hall–Kier alpha value is -4.09. The molecule has 12 heteroatoms. The number of nitrogens with zero attached hydrogens (tertiary/aromatic N) is 4. The third kappa shape index (κ3) is 5.14. The van der Waals surface area contributed by atoms with Crippen molar-refractivity contribution in [3.8, 4) is 17.5 Å². The van der Waals surface area contributed by atoms with Crippen molar-refractivity contribution in [1.29, 1.82) is 0 Å². The van der Waals surface area contributed by atoms with Crippen LogP contribution in [-0.4, -0.2) is 47.9 Å². The smallest absolute Gasteiger partial charge is 0.415 e. The fraction of sp³-hybridized carbons (Fsp3) is 0.350. The van der Waals surface area contributed by atoms with E-state index in [1.54, 1.807) is 30.4 Å². The Morgan fingerprint density at radius 1 is 1.28 bits per heavy atom. The van der Waals surface area contributed by atoms with Crippen LogP contribution in [0.2, 0.25) is 0 Å². The molecule has 1 aromatic heterocycles. The predicted octanol–water partition coefficient (Wildman–Crippen LogP) is 2.86. The molecule has 1 aliphatic heterocycles. The van der Waals surface area contributed by atoms with E-state index < -0.39 is 22.5 Å². The molecule has 1 amide bonds. The number of nitro groups is 1. The molecule has 0 spiro atoms.